The van der Waals surface area contributed by atoms with Gasteiger partial charge in [-0.05, 0) is 20.8 Å². The Morgan fingerprint density at radius 1 is 1.33 bits per heavy atom. The number of nitrogens with zero attached hydrogens (tertiary/aromatic N) is 1. The van der Waals surface area contributed by atoms with Crippen molar-refractivity contribution in [2.24, 2.45) is 0 Å². The number of amides is 1. The molecule has 0 aliphatic rings. The number of hydrogen-bond acceptors (Lipinski definition) is 3. The zero-order valence-corrected chi connectivity index (χ0v) is 10.8. The van der Waals surface area contributed by atoms with E-state index in [1.807, 2.05) is 20.8 Å². The van der Waals surface area contributed by atoms with E-state index in [1.165, 1.54) is 6.92 Å². The van der Waals surface area contributed by atoms with Crippen LogP contribution in [0, 0.1) is 0 Å². The average molecular weight is 236 g/mol. The van der Waals surface area contributed by atoms with Gasteiger partial charge in [0.2, 0.25) is 15.9 Å². The Labute approximate surface area is 91.9 Å². The van der Waals surface area contributed by atoms with E-state index < -0.39 is 10.0 Å². The largest absolute Gasteiger partial charge is 0.337 e. The summed E-state index contributed by atoms with van der Waals surface area (Å²) in [7, 11) is -3.18. The molecule has 0 bridgehead atoms. The van der Waals surface area contributed by atoms with Crippen LogP contribution < -0.4 is 4.72 Å². The topological polar surface area (TPSA) is 66.5 Å². The second-order valence-corrected chi connectivity index (χ2v) is 6.34. The maximum absolute atomic E-state index is 11.3. The standard InChI is InChI=1S/C9H20N2O3S/c1-8(12)11(9(2,3)4)7-6-10-15(5,13)14/h10H,6-7H2,1-5H3. The average Bonchev–Trinajstić information content (AvgIpc) is 1.92. The number of carbonyl (C=O) groups is 1. The summed E-state index contributed by atoms with van der Waals surface area (Å²) in [5, 5.41) is 0. The summed E-state index contributed by atoms with van der Waals surface area (Å²) < 4.78 is 24.0. The van der Waals surface area contributed by atoms with Gasteiger partial charge in [-0.1, -0.05) is 0 Å². The number of rotatable bonds is 4. The minimum atomic E-state index is -3.18. The van der Waals surface area contributed by atoms with Crippen molar-refractivity contribution in [3.05, 3.63) is 0 Å². The SMILES string of the molecule is CC(=O)N(CCNS(C)(=O)=O)C(C)(C)C. The Kier molecular flexibility index (Phi) is 4.73. The normalized spacial score (nSPS) is 12.6. The van der Waals surface area contributed by atoms with Crippen LogP contribution in [0.4, 0.5) is 0 Å². The number of carbonyl (C=O) groups excluding carboxylic acids is 1. The highest BCUT2D eigenvalue weighted by molar-refractivity contribution is 7.88. The molecule has 0 saturated heterocycles. The van der Waals surface area contributed by atoms with Gasteiger partial charge in [0.25, 0.3) is 0 Å². The van der Waals surface area contributed by atoms with Gasteiger partial charge in [-0.25, -0.2) is 13.1 Å². The van der Waals surface area contributed by atoms with E-state index in [-0.39, 0.29) is 18.0 Å². The van der Waals surface area contributed by atoms with Crippen molar-refractivity contribution in [3.63, 3.8) is 0 Å². The van der Waals surface area contributed by atoms with Crippen LogP contribution in [0.5, 0.6) is 0 Å². The second kappa shape index (κ2) is 4.94. The lowest BCUT2D eigenvalue weighted by Crippen LogP contribution is -2.47. The molecule has 1 amide bonds. The van der Waals surface area contributed by atoms with Crippen molar-refractivity contribution in [2.75, 3.05) is 19.3 Å². The lowest BCUT2D eigenvalue weighted by atomic mass is 10.1. The van der Waals surface area contributed by atoms with Gasteiger partial charge in [-0.15, -0.1) is 0 Å². The maximum Gasteiger partial charge on any atom is 0.219 e. The van der Waals surface area contributed by atoms with Crippen LogP contribution in [0.2, 0.25) is 0 Å². The van der Waals surface area contributed by atoms with Crippen LogP contribution >= 0.6 is 0 Å². The van der Waals surface area contributed by atoms with Gasteiger partial charge in [-0.3, -0.25) is 4.79 Å². The van der Waals surface area contributed by atoms with Crippen LogP contribution in [-0.2, 0) is 14.8 Å². The third kappa shape index (κ3) is 6.46. The summed E-state index contributed by atoms with van der Waals surface area (Å²) in [6.07, 6.45) is 1.10. The Balaban J connectivity index is 4.29. The van der Waals surface area contributed by atoms with Crippen molar-refractivity contribution in [2.45, 2.75) is 33.2 Å². The van der Waals surface area contributed by atoms with E-state index in [9.17, 15) is 13.2 Å². The lowest BCUT2D eigenvalue weighted by Gasteiger charge is -2.34. The van der Waals surface area contributed by atoms with Crippen molar-refractivity contribution in [1.29, 1.82) is 0 Å². The van der Waals surface area contributed by atoms with E-state index in [2.05, 4.69) is 4.72 Å². The fourth-order valence-corrected chi connectivity index (χ4v) is 1.77. The molecule has 0 radical (unpaired) electrons. The van der Waals surface area contributed by atoms with E-state index in [4.69, 9.17) is 0 Å². The molecular weight excluding hydrogens is 216 g/mol. The molecule has 0 aromatic rings. The monoisotopic (exact) mass is 236 g/mol. The lowest BCUT2D eigenvalue weighted by molar-refractivity contribution is -0.133. The molecule has 0 aliphatic heterocycles. The first-order valence-corrected chi connectivity index (χ1v) is 6.66. The molecule has 0 aliphatic carbocycles. The summed E-state index contributed by atoms with van der Waals surface area (Å²) in [5.41, 5.74) is -0.287. The van der Waals surface area contributed by atoms with E-state index >= 15 is 0 Å². The molecule has 0 aromatic carbocycles. The fourth-order valence-electron chi connectivity index (χ4n) is 1.31. The number of nitrogens with one attached hydrogen (secondary N) is 1. The molecule has 6 heteroatoms. The predicted molar refractivity (Wildman–Crippen MR) is 60.0 cm³/mol. The van der Waals surface area contributed by atoms with Crippen LogP contribution in [0.3, 0.4) is 0 Å². The Morgan fingerprint density at radius 2 is 1.80 bits per heavy atom. The van der Waals surface area contributed by atoms with Gasteiger partial charge in [0, 0.05) is 25.6 Å². The van der Waals surface area contributed by atoms with Crippen molar-refractivity contribution >= 4 is 15.9 Å². The number of hydrogen-bond donors (Lipinski definition) is 1. The zero-order valence-electron chi connectivity index (χ0n) is 9.99. The molecule has 0 heterocycles. The molecule has 90 valence electrons. The van der Waals surface area contributed by atoms with Crippen LogP contribution in [0.25, 0.3) is 0 Å². The highest BCUT2D eigenvalue weighted by Crippen LogP contribution is 2.12. The smallest absolute Gasteiger partial charge is 0.219 e. The molecule has 1 N–H and O–H groups in total. The molecule has 0 saturated carbocycles. The quantitative estimate of drug-likeness (QED) is 0.757. The molecule has 0 fully saturated rings. The summed E-state index contributed by atoms with van der Waals surface area (Å²) in [6.45, 7) is 7.84. The third-order valence-electron chi connectivity index (χ3n) is 1.89. The molecule has 0 aromatic heterocycles. The van der Waals surface area contributed by atoms with E-state index in [0.717, 1.165) is 6.26 Å². The molecule has 0 rings (SSSR count). The second-order valence-electron chi connectivity index (χ2n) is 4.51. The van der Waals surface area contributed by atoms with Crippen LogP contribution in [-0.4, -0.2) is 44.1 Å². The van der Waals surface area contributed by atoms with Gasteiger partial charge in [-0.2, -0.15) is 0 Å². The van der Waals surface area contributed by atoms with Gasteiger partial charge in [0.05, 0.1) is 6.26 Å². The van der Waals surface area contributed by atoms with Gasteiger partial charge in [0.15, 0.2) is 0 Å². The first-order chi connectivity index (χ1) is 6.54. The first-order valence-electron chi connectivity index (χ1n) is 4.77. The molecule has 0 spiro atoms. The van der Waals surface area contributed by atoms with E-state index in [1.54, 1.807) is 4.90 Å². The molecule has 0 unspecified atom stereocenters. The predicted octanol–water partition coefficient (Wildman–Crippen LogP) is 0.183. The third-order valence-corrected chi connectivity index (χ3v) is 2.62. The number of sulfonamides is 1. The van der Waals surface area contributed by atoms with Crippen LogP contribution in [0.1, 0.15) is 27.7 Å². The van der Waals surface area contributed by atoms with Gasteiger partial charge in [0.1, 0.15) is 0 Å². The zero-order chi connectivity index (χ0) is 12.3. The van der Waals surface area contributed by atoms with Crippen molar-refractivity contribution < 1.29 is 13.2 Å². The molecule has 5 nitrogen and oxygen atoms in total. The first kappa shape index (κ1) is 14.4. The van der Waals surface area contributed by atoms with Crippen molar-refractivity contribution in [3.8, 4) is 0 Å². The summed E-state index contributed by atoms with van der Waals surface area (Å²) in [5.74, 6) is -0.0576. The van der Waals surface area contributed by atoms with Crippen molar-refractivity contribution in [1.82, 2.24) is 9.62 Å². The molecule has 0 atom stereocenters. The summed E-state index contributed by atoms with van der Waals surface area (Å²) in [6, 6.07) is 0. The minimum absolute atomic E-state index is 0.0576. The highest BCUT2D eigenvalue weighted by atomic mass is 32.2. The Morgan fingerprint density at radius 3 is 2.07 bits per heavy atom. The van der Waals surface area contributed by atoms with E-state index in [0.29, 0.717) is 6.54 Å². The van der Waals surface area contributed by atoms with Gasteiger partial charge >= 0.3 is 0 Å². The maximum atomic E-state index is 11.3. The molecule has 15 heavy (non-hydrogen) atoms. The van der Waals surface area contributed by atoms with Gasteiger partial charge < -0.3 is 4.90 Å². The minimum Gasteiger partial charge on any atom is -0.337 e. The summed E-state index contributed by atoms with van der Waals surface area (Å²) >= 11 is 0. The Bertz CT molecular complexity index is 317. The fraction of sp³-hybridized carbons (Fsp3) is 0.889. The van der Waals surface area contributed by atoms with Crippen LogP contribution in [0.15, 0.2) is 0 Å². The highest BCUT2D eigenvalue weighted by Gasteiger charge is 2.23. The molecular formula is C9H20N2O3S. The Hall–Kier alpha value is -0.620. The summed E-state index contributed by atoms with van der Waals surface area (Å²) in [4.78, 5) is 12.9.